The summed E-state index contributed by atoms with van der Waals surface area (Å²) in [6.45, 7) is 10.6. The molecule has 1 heteroatoms. The molecule has 1 N–H and O–H groups in total. The Hall–Kier alpha value is -1.26. The van der Waals surface area contributed by atoms with E-state index < -0.39 is 0 Å². The van der Waals surface area contributed by atoms with E-state index in [0.29, 0.717) is 5.92 Å². The highest BCUT2D eigenvalue weighted by atomic mass is 15.0. The van der Waals surface area contributed by atoms with Gasteiger partial charge in [0.2, 0.25) is 0 Å². The molecule has 0 radical (unpaired) electrons. The van der Waals surface area contributed by atoms with Crippen LogP contribution in [0, 0.1) is 12.3 Å². The lowest BCUT2D eigenvalue weighted by Crippen LogP contribution is -2.39. The minimum absolute atomic E-state index is 0.266. The Bertz CT molecular complexity index is 393. The van der Waals surface area contributed by atoms with Crippen LogP contribution >= 0.6 is 0 Å². The Morgan fingerprint density at radius 2 is 1.53 bits per heavy atom. The fourth-order valence-corrected chi connectivity index (χ4v) is 1.84. The van der Waals surface area contributed by atoms with Gasteiger partial charge in [-0.05, 0) is 37.8 Å². The molecule has 0 aliphatic carbocycles. The molecule has 1 aromatic carbocycles. The summed E-state index contributed by atoms with van der Waals surface area (Å²) in [4.78, 5) is 0. The van der Waals surface area contributed by atoms with Gasteiger partial charge in [0.25, 0.3) is 0 Å². The van der Waals surface area contributed by atoms with Gasteiger partial charge in [-0.25, -0.2) is 0 Å². The molecular formula is C16H23N. The SMILES string of the molecule is C#CC(C)(C)NC(C)c1ccc(C(C)C)cc1. The zero-order valence-corrected chi connectivity index (χ0v) is 11.5. The summed E-state index contributed by atoms with van der Waals surface area (Å²) in [6, 6.07) is 9.02. The minimum atomic E-state index is -0.268. The Balaban J connectivity index is 2.77. The van der Waals surface area contributed by atoms with Gasteiger partial charge >= 0.3 is 0 Å². The van der Waals surface area contributed by atoms with Gasteiger partial charge < -0.3 is 0 Å². The largest absolute Gasteiger partial charge is 0.295 e. The van der Waals surface area contributed by atoms with Gasteiger partial charge in [0.1, 0.15) is 0 Å². The Morgan fingerprint density at radius 1 is 1.06 bits per heavy atom. The van der Waals surface area contributed by atoms with E-state index in [1.807, 2.05) is 13.8 Å². The fraction of sp³-hybridized carbons (Fsp3) is 0.500. The van der Waals surface area contributed by atoms with Crippen molar-refractivity contribution in [1.29, 1.82) is 0 Å². The van der Waals surface area contributed by atoms with Gasteiger partial charge in [-0.2, -0.15) is 0 Å². The molecule has 1 rings (SSSR count). The van der Waals surface area contributed by atoms with E-state index >= 15 is 0 Å². The molecule has 0 bridgehead atoms. The molecule has 0 fully saturated rings. The van der Waals surface area contributed by atoms with Crippen LogP contribution in [0.5, 0.6) is 0 Å². The van der Waals surface area contributed by atoms with Crippen LogP contribution in [-0.2, 0) is 0 Å². The zero-order chi connectivity index (χ0) is 13.1. The molecule has 0 saturated heterocycles. The smallest absolute Gasteiger partial charge is 0.0745 e. The lowest BCUT2D eigenvalue weighted by Gasteiger charge is -2.25. The van der Waals surface area contributed by atoms with Gasteiger partial charge in [-0.1, -0.05) is 44.0 Å². The second kappa shape index (κ2) is 5.38. The summed E-state index contributed by atoms with van der Waals surface area (Å²) >= 11 is 0. The average Bonchev–Trinajstić information content (AvgIpc) is 2.28. The summed E-state index contributed by atoms with van der Waals surface area (Å²) < 4.78 is 0. The fourth-order valence-electron chi connectivity index (χ4n) is 1.84. The van der Waals surface area contributed by atoms with Crippen molar-refractivity contribution in [3.05, 3.63) is 35.4 Å². The lowest BCUT2D eigenvalue weighted by atomic mass is 9.98. The lowest BCUT2D eigenvalue weighted by molar-refractivity contribution is 0.431. The first-order chi connectivity index (χ1) is 7.85. The molecule has 1 nitrogen and oxygen atoms in total. The third-order valence-corrected chi connectivity index (χ3v) is 3.04. The molecule has 0 amide bonds. The van der Waals surface area contributed by atoms with Crippen LogP contribution in [0.2, 0.25) is 0 Å². The number of benzene rings is 1. The van der Waals surface area contributed by atoms with Crippen molar-refractivity contribution in [3.63, 3.8) is 0 Å². The molecule has 1 unspecified atom stereocenters. The quantitative estimate of drug-likeness (QED) is 0.773. The molecule has 1 aromatic rings. The van der Waals surface area contributed by atoms with Gasteiger partial charge in [0, 0.05) is 6.04 Å². The van der Waals surface area contributed by atoms with Crippen LogP contribution in [0.3, 0.4) is 0 Å². The normalized spacial score (nSPS) is 13.5. The molecule has 0 heterocycles. The molecular weight excluding hydrogens is 206 g/mol. The molecule has 0 aliphatic heterocycles. The Labute approximate surface area is 106 Å². The number of rotatable bonds is 4. The highest BCUT2D eigenvalue weighted by Crippen LogP contribution is 2.20. The second-order valence-corrected chi connectivity index (χ2v) is 5.46. The summed E-state index contributed by atoms with van der Waals surface area (Å²) in [5.41, 5.74) is 2.38. The Morgan fingerprint density at radius 3 is 1.94 bits per heavy atom. The standard InChI is InChI=1S/C16H23N/c1-7-16(5,6)17-13(4)15-10-8-14(9-11-15)12(2)3/h1,8-13,17H,2-6H3. The molecule has 0 spiro atoms. The summed E-state index contributed by atoms with van der Waals surface area (Å²) in [6.07, 6.45) is 5.48. The monoisotopic (exact) mass is 229 g/mol. The van der Waals surface area contributed by atoms with E-state index in [-0.39, 0.29) is 11.6 Å². The first-order valence-electron chi connectivity index (χ1n) is 6.21. The van der Waals surface area contributed by atoms with E-state index in [2.05, 4.69) is 56.3 Å². The first-order valence-corrected chi connectivity index (χ1v) is 6.21. The maximum absolute atomic E-state index is 5.48. The van der Waals surface area contributed by atoms with E-state index in [4.69, 9.17) is 6.42 Å². The molecule has 0 saturated carbocycles. The summed E-state index contributed by atoms with van der Waals surface area (Å²) in [5.74, 6) is 3.34. The van der Waals surface area contributed by atoms with Gasteiger partial charge in [0.05, 0.1) is 5.54 Å². The minimum Gasteiger partial charge on any atom is -0.295 e. The number of nitrogens with one attached hydrogen (secondary N) is 1. The predicted molar refractivity (Wildman–Crippen MR) is 75.0 cm³/mol. The molecule has 0 aromatic heterocycles. The van der Waals surface area contributed by atoms with E-state index in [1.165, 1.54) is 11.1 Å². The topological polar surface area (TPSA) is 12.0 Å². The van der Waals surface area contributed by atoms with Gasteiger partial charge in [-0.3, -0.25) is 5.32 Å². The van der Waals surface area contributed by atoms with Crippen molar-refractivity contribution in [1.82, 2.24) is 5.32 Å². The molecule has 0 aliphatic rings. The van der Waals surface area contributed by atoms with Crippen LogP contribution in [0.25, 0.3) is 0 Å². The van der Waals surface area contributed by atoms with E-state index in [0.717, 1.165) is 0 Å². The second-order valence-electron chi connectivity index (χ2n) is 5.46. The van der Waals surface area contributed by atoms with Crippen molar-refractivity contribution in [2.45, 2.75) is 52.1 Å². The third-order valence-electron chi connectivity index (χ3n) is 3.04. The maximum atomic E-state index is 5.48. The number of terminal acetylenes is 1. The van der Waals surface area contributed by atoms with Crippen LogP contribution in [0.15, 0.2) is 24.3 Å². The van der Waals surface area contributed by atoms with Gasteiger partial charge in [0.15, 0.2) is 0 Å². The average molecular weight is 229 g/mol. The van der Waals surface area contributed by atoms with Crippen molar-refractivity contribution >= 4 is 0 Å². The molecule has 17 heavy (non-hydrogen) atoms. The summed E-state index contributed by atoms with van der Waals surface area (Å²) in [7, 11) is 0. The van der Waals surface area contributed by atoms with Crippen LogP contribution in [0.1, 0.15) is 57.7 Å². The molecule has 92 valence electrons. The Kier molecular flexibility index (Phi) is 4.37. The van der Waals surface area contributed by atoms with Crippen LogP contribution < -0.4 is 5.32 Å². The zero-order valence-electron chi connectivity index (χ0n) is 11.5. The van der Waals surface area contributed by atoms with E-state index in [1.54, 1.807) is 0 Å². The molecule has 1 atom stereocenters. The van der Waals surface area contributed by atoms with Crippen molar-refractivity contribution in [3.8, 4) is 12.3 Å². The highest BCUT2D eigenvalue weighted by Gasteiger charge is 2.17. The highest BCUT2D eigenvalue weighted by molar-refractivity contribution is 5.27. The number of hydrogen-bond donors (Lipinski definition) is 1. The maximum Gasteiger partial charge on any atom is 0.0745 e. The van der Waals surface area contributed by atoms with E-state index in [9.17, 15) is 0 Å². The van der Waals surface area contributed by atoms with Gasteiger partial charge in [-0.15, -0.1) is 6.42 Å². The third kappa shape index (κ3) is 3.91. The van der Waals surface area contributed by atoms with Crippen LogP contribution in [0.4, 0.5) is 0 Å². The summed E-state index contributed by atoms with van der Waals surface area (Å²) in [5, 5.41) is 3.43. The van der Waals surface area contributed by atoms with Crippen molar-refractivity contribution < 1.29 is 0 Å². The first kappa shape index (κ1) is 13.8. The van der Waals surface area contributed by atoms with Crippen molar-refractivity contribution in [2.24, 2.45) is 0 Å². The van der Waals surface area contributed by atoms with Crippen LogP contribution in [-0.4, -0.2) is 5.54 Å². The predicted octanol–water partition coefficient (Wildman–Crippen LogP) is 3.87. The number of hydrogen-bond acceptors (Lipinski definition) is 1. The van der Waals surface area contributed by atoms with Crippen molar-refractivity contribution in [2.75, 3.05) is 0 Å².